The fourth-order valence-electron chi connectivity index (χ4n) is 2.20. The zero-order chi connectivity index (χ0) is 16.2. The van der Waals surface area contributed by atoms with Gasteiger partial charge in [-0.2, -0.15) is 5.10 Å². The molecule has 3 aromatic rings. The number of nitrogens with two attached hydrogens (primary N) is 1. The molecule has 0 unspecified atom stereocenters. The Labute approximate surface area is 142 Å². The number of aromatic nitrogens is 3. The fraction of sp³-hybridized carbons (Fsp3) is 0.125. The summed E-state index contributed by atoms with van der Waals surface area (Å²) in [7, 11) is 1.82. The standard InChI is InChI=1S/C16H16BrN5O/c1-19-15-7-13(3-4-14(15)18)23-16-5-2-12(17)6-11(16)8-22-10-20-9-21-22/h2-7,9-10,19H,8,18H2,1H3. The van der Waals surface area contributed by atoms with Gasteiger partial charge in [-0.15, -0.1) is 0 Å². The summed E-state index contributed by atoms with van der Waals surface area (Å²) in [5.74, 6) is 1.47. The van der Waals surface area contributed by atoms with E-state index in [-0.39, 0.29) is 0 Å². The second kappa shape index (κ2) is 6.70. The minimum absolute atomic E-state index is 0.572. The number of nitrogens with zero attached hydrogens (tertiary/aromatic N) is 3. The van der Waals surface area contributed by atoms with Crippen molar-refractivity contribution in [2.24, 2.45) is 0 Å². The molecule has 0 aliphatic heterocycles. The third-order valence-electron chi connectivity index (χ3n) is 3.34. The van der Waals surface area contributed by atoms with Gasteiger partial charge >= 0.3 is 0 Å². The quantitative estimate of drug-likeness (QED) is 0.669. The van der Waals surface area contributed by atoms with Crippen molar-refractivity contribution in [2.45, 2.75) is 6.54 Å². The molecule has 0 aliphatic carbocycles. The summed E-state index contributed by atoms with van der Waals surface area (Å²) in [6, 6.07) is 11.4. The zero-order valence-corrected chi connectivity index (χ0v) is 14.1. The van der Waals surface area contributed by atoms with Gasteiger partial charge in [0.1, 0.15) is 24.2 Å². The highest BCUT2D eigenvalue weighted by molar-refractivity contribution is 9.10. The molecule has 7 heteroatoms. The number of rotatable bonds is 5. The number of anilines is 2. The van der Waals surface area contributed by atoms with Crippen molar-refractivity contribution in [3.05, 3.63) is 59.1 Å². The van der Waals surface area contributed by atoms with Crippen LogP contribution in [-0.2, 0) is 6.54 Å². The lowest BCUT2D eigenvalue weighted by atomic mass is 10.2. The monoisotopic (exact) mass is 373 g/mol. The van der Waals surface area contributed by atoms with Gasteiger partial charge in [0.25, 0.3) is 0 Å². The van der Waals surface area contributed by atoms with E-state index < -0.39 is 0 Å². The van der Waals surface area contributed by atoms with Gasteiger partial charge in [-0.1, -0.05) is 15.9 Å². The van der Waals surface area contributed by atoms with Crippen LogP contribution < -0.4 is 15.8 Å². The molecule has 0 fully saturated rings. The molecule has 1 aromatic heterocycles. The molecule has 3 N–H and O–H groups in total. The van der Waals surface area contributed by atoms with Gasteiger partial charge in [0.05, 0.1) is 17.9 Å². The Morgan fingerprint density at radius 3 is 2.87 bits per heavy atom. The van der Waals surface area contributed by atoms with E-state index in [0.717, 1.165) is 21.5 Å². The predicted octanol–water partition coefficient (Wildman–Crippen LogP) is 3.51. The predicted molar refractivity (Wildman–Crippen MR) is 93.7 cm³/mol. The molecule has 0 radical (unpaired) electrons. The van der Waals surface area contributed by atoms with Crippen LogP contribution >= 0.6 is 15.9 Å². The molecule has 118 valence electrons. The van der Waals surface area contributed by atoms with Gasteiger partial charge in [-0.3, -0.25) is 0 Å². The molecule has 2 aromatic carbocycles. The van der Waals surface area contributed by atoms with Crippen LogP contribution in [0.3, 0.4) is 0 Å². The normalized spacial score (nSPS) is 10.5. The first kappa shape index (κ1) is 15.4. The van der Waals surface area contributed by atoms with Gasteiger partial charge in [-0.25, -0.2) is 9.67 Å². The summed E-state index contributed by atoms with van der Waals surface area (Å²) in [6.07, 6.45) is 3.19. The lowest BCUT2D eigenvalue weighted by Crippen LogP contribution is -2.02. The molecular formula is C16H16BrN5O. The first-order valence-electron chi connectivity index (χ1n) is 7.01. The minimum Gasteiger partial charge on any atom is -0.457 e. The third-order valence-corrected chi connectivity index (χ3v) is 3.84. The van der Waals surface area contributed by atoms with Gasteiger partial charge in [0, 0.05) is 23.2 Å². The molecule has 3 rings (SSSR count). The summed E-state index contributed by atoms with van der Waals surface area (Å²) in [6.45, 7) is 0.572. The average molecular weight is 374 g/mol. The van der Waals surface area contributed by atoms with E-state index in [1.807, 2.05) is 43.4 Å². The lowest BCUT2D eigenvalue weighted by Gasteiger charge is -2.13. The van der Waals surface area contributed by atoms with Crippen LogP contribution in [0, 0.1) is 0 Å². The van der Waals surface area contributed by atoms with Crippen molar-refractivity contribution in [1.82, 2.24) is 14.8 Å². The van der Waals surface area contributed by atoms with Crippen LogP contribution in [0.1, 0.15) is 5.56 Å². The van der Waals surface area contributed by atoms with Crippen molar-refractivity contribution in [3.8, 4) is 11.5 Å². The van der Waals surface area contributed by atoms with Gasteiger partial charge in [-0.05, 0) is 30.3 Å². The molecule has 6 nitrogen and oxygen atoms in total. The van der Waals surface area contributed by atoms with Gasteiger partial charge in [0.2, 0.25) is 0 Å². The van der Waals surface area contributed by atoms with E-state index in [2.05, 4.69) is 31.3 Å². The Morgan fingerprint density at radius 1 is 1.26 bits per heavy atom. The minimum atomic E-state index is 0.572. The molecular weight excluding hydrogens is 358 g/mol. The molecule has 0 amide bonds. The van der Waals surface area contributed by atoms with Crippen LogP contribution in [0.4, 0.5) is 11.4 Å². The Balaban J connectivity index is 1.90. The SMILES string of the molecule is CNc1cc(Oc2ccc(Br)cc2Cn2cncn2)ccc1N. The van der Waals surface area contributed by atoms with Crippen molar-refractivity contribution in [2.75, 3.05) is 18.1 Å². The number of benzene rings is 2. The lowest BCUT2D eigenvalue weighted by molar-refractivity contribution is 0.472. The number of nitrogens with one attached hydrogen (secondary N) is 1. The van der Waals surface area contributed by atoms with E-state index in [0.29, 0.717) is 18.0 Å². The number of hydrogen-bond acceptors (Lipinski definition) is 5. The van der Waals surface area contributed by atoms with Crippen LogP contribution in [0.5, 0.6) is 11.5 Å². The number of ether oxygens (including phenoxy) is 1. The molecule has 0 saturated carbocycles. The molecule has 23 heavy (non-hydrogen) atoms. The molecule has 0 aliphatic rings. The Bertz CT molecular complexity index is 804. The number of nitrogen functional groups attached to an aromatic ring is 1. The summed E-state index contributed by atoms with van der Waals surface area (Å²) in [5.41, 5.74) is 8.39. The first-order valence-corrected chi connectivity index (χ1v) is 7.81. The van der Waals surface area contributed by atoms with E-state index in [1.54, 1.807) is 11.0 Å². The Hall–Kier alpha value is -2.54. The summed E-state index contributed by atoms with van der Waals surface area (Å²) in [5, 5.41) is 7.18. The largest absolute Gasteiger partial charge is 0.457 e. The van der Waals surface area contributed by atoms with Crippen molar-refractivity contribution in [3.63, 3.8) is 0 Å². The zero-order valence-electron chi connectivity index (χ0n) is 12.5. The first-order chi connectivity index (χ1) is 11.2. The maximum atomic E-state index is 6.03. The average Bonchev–Trinajstić information content (AvgIpc) is 3.04. The van der Waals surface area contributed by atoms with Crippen molar-refractivity contribution < 1.29 is 4.74 Å². The second-order valence-corrected chi connectivity index (χ2v) is 5.86. The van der Waals surface area contributed by atoms with Gasteiger partial charge in [0.15, 0.2) is 0 Å². The highest BCUT2D eigenvalue weighted by atomic mass is 79.9. The van der Waals surface area contributed by atoms with E-state index >= 15 is 0 Å². The number of hydrogen-bond donors (Lipinski definition) is 2. The maximum Gasteiger partial charge on any atom is 0.137 e. The highest BCUT2D eigenvalue weighted by Crippen LogP contribution is 2.31. The topological polar surface area (TPSA) is 78.0 Å². The summed E-state index contributed by atoms with van der Waals surface area (Å²) >= 11 is 3.49. The van der Waals surface area contributed by atoms with Crippen LogP contribution in [0.2, 0.25) is 0 Å². The van der Waals surface area contributed by atoms with Gasteiger partial charge < -0.3 is 15.8 Å². The molecule has 0 atom stereocenters. The maximum absolute atomic E-state index is 6.03. The van der Waals surface area contributed by atoms with E-state index in [1.165, 1.54) is 6.33 Å². The molecule has 1 heterocycles. The third kappa shape index (κ3) is 3.62. The van der Waals surface area contributed by atoms with Crippen LogP contribution in [-0.4, -0.2) is 21.8 Å². The van der Waals surface area contributed by atoms with Crippen molar-refractivity contribution in [1.29, 1.82) is 0 Å². The summed E-state index contributed by atoms with van der Waals surface area (Å²) < 4.78 is 8.76. The van der Waals surface area contributed by atoms with Crippen LogP contribution in [0.25, 0.3) is 0 Å². The Kier molecular flexibility index (Phi) is 4.47. The van der Waals surface area contributed by atoms with E-state index in [4.69, 9.17) is 10.5 Å². The van der Waals surface area contributed by atoms with E-state index in [9.17, 15) is 0 Å². The fourth-order valence-corrected chi connectivity index (χ4v) is 2.61. The highest BCUT2D eigenvalue weighted by Gasteiger charge is 2.09. The molecule has 0 saturated heterocycles. The number of halogens is 1. The Morgan fingerprint density at radius 2 is 2.13 bits per heavy atom. The van der Waals surface area contributed by atoms with Crippen LogP contribution in [0.15, 0.2) is 53.5 Å². The van der Waals surface area contributed by atoms with Crippen molar-refractivity contribution >= 4 is 27.3 Å². The smallest absolute Gasteiger partial charge is 0.137 e. The second-order valence-electron chi connectivity index (χ2n) is 4.95. The molecule has 0 spiro atoms. The summed E-state index contributed by atoms with van der Waals surface area (Å²) in [4.78, 5) is 3.96. The molecule has 0 bridgehead atoms.